The van der Waals surface area contributed by atoms with Crippen molar-refractivity contribution in [2.45, 2.75) is 20.3 Å². The minimum Gasteiger partial charge on any atom is -0.356 e. The molecule has 2 heteroatoms. The van der Waals surface area contributed by atoms with Crippen LogP contribution in [0.4, 0.5) is 0 Å². The van der Waals surface area contributed by atoms with Crippen LogP contribution in [0, 0.1) is 5.92 Å². The molecule has 0 rings (SSSR count). The summed E-state index contributed by atoms with van der Waals surface area (Å²) in [6, 6.07) is 0. The number of carbonyl (C=O) groups excluding carboxylic acids is 1. The highest BCUT2D eigenvalue weighted by molar-refractivity contribution is 5.77. The Morgan fingerprint density at radius 1 is 1.70 bits per heavy atom. The third-order valence-electron chi connectivity index (χ3n) is 1.04. The van der Waals surface area contributed by atoms with Gasteiger partial charge in [0.1, 0.15) is 0 Å². The van der Waals surface area contributed by atoms with Gasteiger partial charge in [0.25, 0.3) is 0 Å². The van der Waals surface area contributed by atoms with E-state index in [0.717, 1.165) is 6.54 Å². The summed E-state index contributed by atoms with van der Waals surface area (Å²) in [4.78, 5) is 10.8. The minimum absolute atomic E-state index is 0.0590. The Balaban J connectivity index is 3.30. The van der Waals surface area contributed by atoms with Gasteiger partial charge in [0.05, 0.1) is 0 Å². The summed E-state index contributed by atoms with van der Waals surface area (Å²) >= 11 is 0. The third-order valence-corrected chi connectivity index (χ3v) is 1.04. The number of carbonyl (C=O) groups is 1. The lowest BCUT2D eigenvalue weighted by Gasteiger charge is -2.04. The first kappa shape index (κ1) is 9.21. The fourth-order valence-corrected chi connectivity index (χ4v) is 0.521. The van der Waals surface area contributed by atoms with Crippen molar-refractivity contribution >= 4 is 5.91 Å². The molecule has 0 aromatic carbocycles. The summed E-state index contributed by atoms with van der Waals surface area (Å²) < 4.78 is 0. The van der Waals surface area contributed by atoms with E-state index in [1.165, 1.54) is 0 Å². The van der Waals surface area contributed by atoms with Gasteiger partial charge in [-0.2, -0.15) is 0 Å². The molecule has 1 amide bonds. The van der Waals surface area contributed by atoms with E-state index in [9.17, 15) is 4.79 Å². The Kier molecular flexibility index (Phi) is 4.63. The van der Waals surface area contributed by atoms with Crippen LogP contribution in [0.2, 0.25) is 0 Å². The normalized spacial score (nSPS) is 9.50. The van der Waals surface area contributed by atoms with Crippen molar-refractivity contribution in [3.05, 3.63) is 12.7 Å². The molecule has 0 aromatic rings. The minimum atomic E-state index is 0.0590. The van der Waals surface area contributed by atoms with Crippen LogP contribution in [0.1, 0.15) is 20.3 Å². The van der Waals surface area contributed by atoms with Gasteiger partial charge in [0.2, 0.25) is 5.91 Å². The number of hydrogen-bond acceptors (Lipinski definition) is 1. The Morgan fingerprint density at radius 2 is 2.30 bits per heavy atom. The molecule has 0 atom stereocenters. The molecular formula is C8H15NO. The first-order valence-electron chi connectivity index (χ1n) is 3.54. The number of amides is 1. The summed E-state index contributed by atoms with van der Waals surface area (Å²) in [7, 11) is 0. The van der Waals surface area contributed by atoms with Crippen LogP contribution in [-0.4, -0.2) is 12.5 Å². The molecule has 58 valence electrons. The van der Waals surface area contributed by atoms with Crippen LogP contribution in [-0.2, 0) is 4.79 Å². The summed E-state index contributed by atoms with van der Waals surface area (Å²) in [5, 5.41) is 2.77. The van der Waals surface area contributed by atoms with Gasteiger partial charge in [-0.3, -0.25) is 4.79 Å². The first-order valence-corrected chi connectivity index (χ1v) is 3.54. The maximum absolute atomic E-state index is 10.8. The Hall–Kier alpha value is -0.790. The molecule has 0 saturated heterocycles. The molecule has 0 aliphatic rings. The lowest BCUT2D eigenvalue weighted by Crippen LogP contribution is -2.26. The molecular weight excluding hydrogens is 126 g/mol. The van der Waals surface area contributed by atoms with Gasteiger partial charge >= 0.3 is 0 Å². The zero-order valence-corrected chi connectivity index (χ0v) is 6.68. The predicted octanol–water partition coefficient (Wildman–Crippen LogP) is 1.33. The molecule has 0 fully saturated rings. The zero-order chi connectivity index (χ0) is 7.98. The molecule has 0 radical (unpaired) electrons. The van der Waals surface area contributed by atoms with Crippen LogP contribution in [0.5, 0.6) is 0 Å². The van der Waals surface area contributed by atoms with Gasteiger partial charge < -0.3 is 5.32 Å². The molecule has 2 nitrogen and oxygen atoms in total. The summed E-state index contributed by atoms with van der Waals surface area (Å²) in [6.07, 6.45) is 2.03. The fourth-order valence-electron chi connectivity index (χ4n) is 0.521. The van der Waals surface area contributed by atoms with E-state index in [1.54, 1.807) is 6.08 Å². The predicted molar refractivity (Wildman–Crippen MR) is 42.7 cm³/mol. The van der Waals surface area contributed by atoms with E-state index in [4.69, 9.17) is 0 Å². The average molecular weight is 141 g/mol. The third kappa shape index (κ3) is 5.35. The second-order valence-electron chi connectivity index (χ2n) is 2.69. The van der Waals surface area contributed by atoms with Gasteiger partial charge in [-0.15, -0.1) is 6.58 Å². The summed E-state index contributed by atoms with van der Waals surface area (Å²) in [5.41, 5.74) is 0. The maximum Gasteiger partial charge on any atom is 0.223 e. The van der Waals surface area contributed by atoms with Gasteiger partial charge in [-0.05, 0) is 5.92 Å². The highest BCUT2D eigenvalue weighted by Crippen LogP contribution is 1.88. The highest BCUT2D eigenvalue weighted by atomic mass is 16.1. The number of nitrogens with one attached hydrogen (secondary N) is 1. The molecule has 1 N–H and O–H groups in total. The first-order chi connectivity index (χ1) is 4.66. The molecule has 0 bridgehead atoms. The topological polar surface area (TPSA) is 29.1 Å². The second-order valence-corrected chi connectivity index (χ2v) is 2.69. The van der Waals surface area contributed by atoms with Crippen molar-refractivity contribution in [2.24, 2.45) is 5.92 Å². The SMILES string of the molecule is C=CCC(=O)NCC(C)C. The van der Waals surface area contributed by atoms with E-state index >= 15 is 0 Å². The van der Waals surface area contributed by atoms with Crippen LogP contribution >= 0.6 is 0 Å². The van der Waals surface area contributed by atoms with E-state index in [0.29, 0.717) is 12.3 Å². The van der Waals surface area contributed by atoms with Crippen LogP contribution in [0.15, 0.2) is 12.7 Å². The molecule has 10 heavy (non-hydrogen) atoms. The fraction of sp³-hybridized carbons (Fsp3) is 0.625. The Bertz CT molecular complexity index is 118. The standard InChI is InChI=1S/C8H15NO/c1-4-5-8(10)9-6-7(2)3/h4,7H,1,5-6H2,2-3H3,(H,9,10). The van der Waals surface area contributed by atoms with Gasteiger partial charge in [0.15, 0.2) is 0 Å². The van der Waals surface area contributed by atoms with E-state index in [2.05, 4.69) is 25.7 Å². The van der Waals surface area contributed by atoms with Crippen molar-refractivity contribution in [3.8, 4) is 0 Å². The molecule has 0 aromatic heterocycles. The van der Waals surface area contributed by atoms with E-state index in [-0.39, 0.29) is 5.91 Å². The monoisotopic (exact) mass is 141 g/mol. The van der Waals surface area contributed by atoms with Crippen molar-refractivity contribution < 1.29 is 4.79 Å². The second kappa shape index (κ2) is 5.03. The summed E-state index contributed by atoms with van der Waals surface area (Å²) in [5.74, 6) is 0.581. The Morgan fingerprint density at radius 3 is 2.70 bits per heavy atom. The van der Waals surface area contributed by atoms with Crippen LogP contribution in [0.25, 0.3) is 0 Å². The van der Waals surface area contributed by atoms with Crippen molar-refractivity contribution in [1.29, 1.82) is 0 Å². The molecule has 0 aliphatic heterocycles. The molecule has 0 heterocycles. The Labute approximate surface area is 62.3 Å². The van der Waals surface area contributed by atoms with Crippen LogP contribution < -0.4 is 5.32 Å². The van der Waals surface area contributed by atoms with E-state index in [1.807, 2.05) is 0 Å². The smallest absolute Gasteiger partial charge is 0.223 e. The highest BCUT2D eigenvalue weighted by Gasteiger charge is 1.97. The summed E-state index contributed by atoms with van der Waals surface area (Å²) in [6.45, 7) is 8.35. The largest absolute Gasteiger partial charge is 0.356 e. The van der Waals surface area contributed by atoms with Gasteiger partial charge in [-0.25, -0.2) is 0 Å². The zero-order valence-electron chi connectivity index (χ0n) is 6.68. The molecule has 0 aliphatic carbocycles. The lowest BCUT2D eigenvalue weighted by molar-refractivity contribution is -0.120. The van der Waals surface area contributed by atoms with Crippen molar-refractivity contribution in [3.63, 3.8) is 0 Å². The van der Waals surface area contributed by atoms with Gasteiger partial charge in [0, 0.05) is 13.0 Å². The average Bonchev–Trinajstić information content (AvgIpc) is 1.85. The van der Waals surface area contributed by atoms with Gasteiger partial charge in [-0.1, -0.05) is 19.9 Å². The van der Waals surface area contributed by atoms with E-state index < -0.39 is 0 Å². The van der Waals surface area contributed by atoms with Crippen LogP contribution in [0.3, 0.4) is 0 Å². The maximum atomic E-state index is 10.8. The van der Waals surface area contributed by atoms with Crippen molar-refractivity contribution in [2.75, 3.05) is 6.54 Å². The quantitative estimate of drug-likeness (QED) is 0.588. The molecule has 0 saturated carbocycles. The number of rotatable bonds is 4. The molecule has 0 unspecified atom stereocenters. The lowest BCUT2D eigenvalue weighted by atomic mass is 10.2. The van der Waals surface area contributed by atoms with Crippen molar-refractivity contribution in [1.82, 2.24) is 5.32 Å². The molecule has 0 spiro atoms. The number of hydrogen-bond donors (Lipinski definition) is 1.